The monoisotopic (exact) mass is 247 g/mol. The summed E-state index contributed by atoms with van der Waals surface area (Å²) in [5.74, 6) is 0. The summed E-state index contributed by atoms with van der Waals surface area (Å²) in [5.41, 5.74) is 2.46. The maximum Gasteiger partial charge on any atom is 0.0666 e. The average Bonchev–Trinajstić information content (AvgIpc) is 2.95. The van der Waals surface area contributed by atoms with Crippen LogP contribution in [0.15, 0.2) is 24.7 Å². The van der Waals surface area contributed by atoms with Crippen LogP contribution in [0, 0.1) is 0 Å². The zero-order valence-corrected chi connectivity index (χ0v) is 11.3. The lowest BCUT2D eigenvalue weighted by molar-refractivity contribution is 0.450. The van der Waals surface area contributed by atoms with Crippen LogP contribution in [0.25, 0.3) is 0 Å². The van der Waals surface area contributed by atoms with Crippen LogP contribution in [0.1, 0.15) is 25.1 Å². The first-order valence-electron chi connectivity index (χ1n) is 6.41. The summed E-state index contributed by atoms with van der Waals surface area (Å²) < 4.78 is 3.83. The Labute approximate surface area is 108 Å². The summed E-state index contributed by atoms with van der Waals surface area (Å²) >= 11 is 0. The molecular formula is C13H21N5. The molecule has 0 fully saturated rings. The second-order valence-corrected chi connectivity index (χ2v) is 4.64. The van der Waals surface area contributed by atoms with Crippen LogP contribution in [0.5, 0.6) is 0 Å². The quantitative estimate of drug-likeness (QED) is 0.838. The molecule has 2 aromatic rings. The van der Waals surface area contributed by atoms with Crippen LogP contribution in [-0.2, 0) is 26.6 Å². The van der Waals surface area contributed by atoms with E-state index in [4.69, 9.17) is 0 Å². The van der Waals surface area contributed by atoms with Gasteiger partial charge in [-0.2, -0.15) is 10.2 Å². The lowest BCUT2D eigenvalue weighted by Gasteiger charge is -2.13. The second-order valence-electron chi connectivity index (χ2n) is 4.64. The number of hydrogen-bond acceptors (Lipinski definition) is 3. The minimum Gasteiger partial charge on any atom is -0.308 e. The predicted octanol–water partition coefficient (Wildman–Crippen LogP) is 1.36. The standard InChI is InChI=1S/C13H21N5/c1-4-13-12(10-17(3)16-13)8-14-11(2)9-18-7-5-6-15-18/h5-7,10-11,14H,4,8-9H2,1-3H3. The van der Waals surface area contributed by atoms with Crippen molar-refractivity contribution in [1.82, 2.24) is 24.9 Å². The first-order valence-corrected chi connectivity index (χ1v) is 6.41. The van der Waals surface area contributed by atoms with Gasteiger partial charge in [-0.25, -0.2) is 0 Å². The van der Waals surface area contributed by atoms with Crippen LogP contribution >= 0.6 is 0 Å². The summed E-state index contributed by atoms with van der Waals surface area (Å²) in [7, 11) is 1.97. The molecule has 0 saturated carbocycles. The fourth-order valence-electron chi connectivity index (χ4n) is 2.07. The van der Waals surface area contributed by atoms with E-state index < -0.39 is 0 Å². The Bertz CT molecular complexity index is 472. The predicted molar refractivity (Wildman–Crippen MR) is 71.1 cm³/mol. The van der Waals surface area contributed by atoms with Gasteiger partial charge >= 0.3 is 0 Å². The van der Waals surface area contributed by atoms with Crippen molar-refractivity contribution in [1.29, 1.82) is 0 Å². The third kappa shape index (κ3) is 3.20. The fourth-order valence-corrected chi connectivity index (χ4v) is 2.07. The van der Waals surface area contributed by atoms with E-state index in [1.165, 1.54) is 11.3 Å². The summed E-state index contributed by atoms with van der Waals surface area (Å²) in [4.78, 5) is 0. The largest absolute Gasteiger partial charge is 0.308 e. The zero-order valence-electron chi connectivity index (χ0n) is 11.3. The molecule has 0 amide bonds. The zero-order chi connectivity index (χ0) is 13.0. The van der Waals surface area contributed by atoms with Gasteiger partial charge in [-0.1, -0.05) is 6.92 Å². The van der Waals surface area contributed by atoms with Crippen LogP contribution in [0.4, 0.5) is 0 Å². The minimum absolute atomic E-state index is 0.384. The Hall–Kier alpha value is -1.62. The van der Waals surface area contributed by atoms with Crippen molar-refractivity contribution < 1.29 is 0 Å². The fraction of sp³-hybridized carbons (Fsp3) is 0.538. The van der Waals surface area contributed by atoms with Gasteiger partial charge in [0.25, 0.3) is 0 Å². The van der Waals surface area contributed by atoms with E-state index in [2.05, 4.69) is 35.6 Å². The molecule has 0 aliphatic carbocycles. The highest BCUT2D eigenvalue weighted by Gasteiger charge is 2.08. The van der Waals surface area contributed by atoms with E-state index in [0.717, 1.165) is 19.5 Å². The van der Waals surface area contributed by atoms with E-state index in [9.17, 15) is 0 Å². The molecule has 0 radical (unpaired) electrons. The number of nitrogens with one attached hydrogen (secondary N) is 1. The van der Waals surface area contributed by atoms with Crippen molar-refractivity contribution in [2.75, 3.05) is 0 Å². The highest BCUT2D eigenvalue weighted by Crippen LogP contribution is 2.07. The van der Waals surface area contributed by atoms with Crippen LogP contribution in [0.3, 0.4) is 0 Å². The molecule has 0 saturated heterocycles. The third-order valence-electron chi connectivity index (χ3n) is 2.99. The number of aryl methyl sites for hydroxylation is 2. The topological polar surface area (TPSA) is 47.7 Å². The number of aromatic nitrogens is 4. The van der Waals surface area contributed by atoms with Crippen molar-refractivity contribution in [2.45, 2.75) is 39.4 Å². The second kappa shape index (κ2) is 5.82. The average molecular weight is 247 g/mol. The van der Waals surface area contributed by atoms with Gasteiger partial charge < -0.3 is 5.32 Å². The first-order chi connectivity index (χ1) is 8.69. The van der Waals surface area contributed by atoms with Gasteiger partial charge in [-0.05, 0) is 19.4 Å². The third-order valence-corrected chi connectivity index (χ3v) is 2.99. The Morgan fingerprint density at radius 3 is 2.94 bits per heavy atom. The smallest absolute Gasteiger partial charge is 0.0666 e. The Morgan fingerprint density at radius 2 is 2.28 bits per heavy atom. The molecule has 1 atom stereocenters. The molecular weight excluding hydrogens is 226 g/mol. The highest BCUT2D eigenvalue weighted by molar-refractivity contribution is 5.16. The van der Waals surface area contributed by atoms with E-state index >= 15 is 0 Å². The van der Waals surface area contributed by atoms with Crippen LogP contribution in [-0.4, -0.2) is 25.6 Å². The number of rotatable bonds is 6. The van der Waals surface area contributed by atoms with Crippen molar-refractivity contribution in [3.05, 3.63) is 35.9 Å². The summed E-state index contributed by atoms with van der Waals surface area (Å²) in [5, 5.41) is 12.2. The molecule has 0 aliphatic heterocycles. The van der Waals surface area contributed by atoms with E-state index in [0.29, 0.717) is 6.04 Å². The van der Waals surface area contributed by atoms with Gasteiger partial charge in [0.1, 0.15) is 0 Å². The Kier molecular flexibility index (Phi) is 4.15. The number of hydrogen-bond donors (Lipinski definition) is 1. The molecule has 18 heavy (non-hydrogen) atoms. The molecule has 0 aromatic carbocycles. The molecule has 0 spiro atoms. The normalized spacial score (nSPS) is 12.8. The lowest BCUT2D eigenvalue weighted by Crippen LogP contribution is -2.30. The first kappa shape index (κ1) is 12.8. The Balaban J connectivity index is 1.86. The van der Waals surface area contributed by atoms with E-state index in [1.54, 1.807) is 0 Å². The van der Waals surface area contributed by atoms with Gasteiger partial charge in [0.15, 0.2) is 0 Å². The van der Waals surface area contributed by atoms with E-state index in [-0.39, 0.29) is 0 Å². The molecule has 2 heterocycles. The molecule has 1 unspecified atom stereocenters. The molecule has 5 heteroatoms. The molecule has 2 rings (SSSR count). The van der Waals surface area contributed by atoms with Crippen LogP contribution < -0.4 is 5.32 Å². The molecule has 0 bridgehead atoms. The summed E-state index contributed by atoms with van der Waals surface area (Å²) in [6, 6.07) is 2.33. The molecule has 98 valence electrons. The van der Waals surface area contributed by atoms with Crippen molar-refractivity contribution in [3.63, 3.8) is 0 Å². The maximum absolute atomic E-state index is 4.44. The molecule has 1 N–H and O–H groups in total. The molecule has 0 aliphatic rings. The molecule has 2 aromatic heterocycles. The SMILES string of the molecule is CCc1nn(C)cc1CNC(C)Cn1cccn1. The highest BCUT2D eigenvalue weighted by atomic mass is 15.3. The van der Waals surface area contributed by atoms with Crippen LogP contribution in [0.2, 0.25) is 0 Å². The van der Waals surface area contributed by atoms with Crippen molar-refractivity contribution in [3.8, 4) is 0 Å². The lowest BCUT2D eigenvalue weighted by atomic mass is 10.2. The maximum atomic E-state index is 4.44. The van der Waals surface area contributed by atoms with Gasteiger partial charge in [-0.15, -0.1) is 0 Å². The van der Waals surface area contributed by atoms with Crippen molar-refractivity contribution in [2.24, 2.45) is 7.05 Å². The van der Waals surface area contributed by atoms with Gasteiger partial charge in [0.2, 0.25) is 0 Å². The minimum atomic E-state index is 0.384. The summed E-state index contributed by atoms with van der Waals surface area (Å²) in [6.07, 6.45) is 6.86. The van der Waals surface area contributed by atoms with E-state index in [1.807, 2.05) is 34.9 Å². The van der Waals surface area contributed by atoms with Gasteiger partial charge in [0.05, 0.1) is 12.2 Å². The summed E-state index contributed by atoms with van der Waals surface area (Å²) in [6.45, 7) is 6.05. The van der Waals surface area contributed by atoms with Gasteiger partial charge in [0, 0.05) is 43.8 Å². The Morgan fingerprint density at radius 1 is 1.44 bits per heavy atom. The molecule has 5 nitrogen and oxygen atoms in total. The number of nitrogens with zero attached hydrogens (tertiary/aromatic N) is 4. The van der Waals surface area contributed by atoms with Crippen molar-refractivity contribution >= 4 is 0 Å². The van der Waals surface area contributed by atoms with Gasteiger partial charge in [-0.3, -0.25) is 9.36 Å².